The predicted octanol–water partition coefficient (Wildman–Crippen LogP) is 1.46. The van der Waals surface area contributed by atoms with E-state index in [9.17, 15) is 5.11 Å². The van der Waals surface area contributed by atoms with Crippen molar-refractivity contribution in [2.45, 2.75) is 19.6 Å². The molecule has 1 aromatic heterocycles. The van der Waals surface area contributed by atoms with Crippen LogP contribution in [-0.4, -0.2) is 27.2 Å². The molecule has 0 unspecified atom stereocenters. The van der Waals surface area contributed by atoms with Crippen LogP contribution in [0.15, 0.2) is 24.4 Å². The van der Waals surface area contributed by atoms with Crippen molar-refractivity contribution in [1.29, 1.82) is 0 Å². The molecule has 1 atom stereocenters. The fourth-order valence-corrected chi connectivity index (χ4v) is 1.68. The summed E-state index contributed by atoms with van der Waals surface area (Å²) in [6.07, 6.45) is 1.25. The number of aromatic nitrogens is 3. The second kappa shape index (κ2) is 5.71. The number of hydrogen-bond donors (Lipinski definition) is 1. The van der Waals surface area contributed by atoms with Gasteiger partial charge in [0.1, 0.15) is 12.3 Å². The van der Waals surface area contributed by atoms with Crippen LogP contribution in [0, 0.1) is 0 Å². The average molecular weight is 263 g/mol. The molecular weight excluding hydrogens is 246 g/mol. The van der Waals surface area contributed by atoms with Crippen LogP contribution in [0.1, 0.15) is 24.3 Å². The maximum absolute atomic E-state index is 9.53. The lowest BCUT2D eigenvalue weighted by molar-refractivity contribution is 0.198. The highest BCUT2D eigenvalue weighted by atomic mass is 16.5. The van der Waals surface area contributed by atoms with E-state index in [4.69, 9.17) is 9.47 Å². The van der Waals surface area contributed by atoms with Crippen LogP contribution in [0.2, 0.25) is 0 Å². The molecule has 0 fully saturated rings. The molecule has 0 saturated carbocycles. The number of benzene rings is 1. The number of hydrogen-bond acceptors (Lipinski definition) is 5. The lowest BCUT2D eigenvalue weighted by Crippen LogP contribution is -2.00. The Labute approximate surface area is 111 Å². The number of nitrogens with zero attached hydrogens (tertiary/aromatic N) is 3. The highest BCUT2D eigenvalue weighted by Gasteiger charge is 2.09. The van der Waals surface area contributed by atoms with Crippen LogP contribution in [0.25, 0.3) is 0 Å². The topological polar surface area (TPSA) is 69.4 Å². The van der Waals surface area contributed by atoms with Gasteiger partial charge in [-0.3, -0.25) is 4.68 Å². The van der Waals surface area contributed by atoms with Gasteiger partial charge in [-0.15, -0.1) is 5.10 Å². The largest absolute Gasteiger partial charge is 0.493 e. The molecule has 19 heavy (non-hydrogen) atoms. The Balaban J connectivity index is 2.11. The first kappa shape index (κ1) is 13.4. The zero-order valence-corrected chi connectivity index (χ0v) is 11.2. The Morgan fingerprint density at radius 3 is 2.74 bits per heavy atom. The number of aliphatic hydroxyl groups excluding tert-OH is 1. The summed E-state index contributed by atoms with van der Waals surface area (Å²) < 4.78 is 12.5. The van der Waals surface area contributed by atoms with Crippen molar-refractivity contribution < 1.29 is 14.6 Å². The molecule has 1 N–H and O–H groups in total. The zero-order valence-electron chi connectivity index (χ0n) is 11.2. The molecule has 6 nitrogen and oxygen atoms in total. The van der Waals surface area contributed by atoms with Gasteiger partial charge < -0.3 is 14.6 Å². The average Bonchev–Trinajstić information content (AvgIpc) is 2.81. The van der Waals surface area contributed by atoms with Gasteiger partial charge in [0, 0.05) is 7.05 Å². The minimum absolute atomic E-state index is 0.318. The van der Waals surface area contributed by atoms with Gasteiger partial charge in [0.05, 0.1) is 19.4 Å². The van der Waals surface area contributed by atoms with Gasteiger partial charge in [0.15, 0.2) is 11.5 Å². The molecule has 1 aromatic carbocycles. The molecule has 2 aromatic rings. The van der Waals surface area contributed by atoms with E-state index in [1.807, 2.05) is 0 Å². The maximum atomic E-state index is 9.53. The van der Waals surface area contributed by atoms with Crippen LogP contribution < -0.4 is 9.47 Å². The smallest absolute Gasteiger partial charge is 0.161 e. The maximum Gasteiger partial charge on any atom is 0.161 e. The Hall–Kier alpha value is -2.08. The van der Waals surface area contributed by atoms with Crippen molar-refractivity contribution in [3.63, 3.8) is 0 Å². The van der Waals surface area contributed by atoms with Crippen LogP contribution in [0.5, 0.6) is 11.5 Å². The summed E-state index contributed by atoms with van der Waals surface area (Å²) in [4.78, 5) is 0. The van der Waals surface area contributed by atoms with Crippen molar-refractivity contribution in [3.8, 4) is 11.5 Å². The molecule has 1 heterocycles. The predicted molar refractivity (Wildman–Crippen MR) is 69.0 cm³/mol. The quantitative estimate of drug-likeness (QED) is 0.884. The fraction of sp³-hybridized carbons (Fsp3) is 0.385. The minimum atomic E-state index is -0.539. The van der Waals surface area contributed by atoms with E-state index in [0.29, 0.717) is 18.1 Å². The second-order valence-electron chi connectivity index (χ2n) is 4.26. The Morgan fingerprint density at radius 1 is 1.37 bits per heavy atom. The van der Waals surface area contributed by atoms with Crippen molar-refractivity contribution in [2.24, 2.45) is 7.05 Å². The number of aryl methyl sites for hydroxylation is 1. The second-order valence-corrected chi connectivity index (χ2v) is 4.26. The van der Waals surface area contributed by atoms with Crippen LogP contribution >= 0.6 is 0 Å². The Morgan fingerprint density at radius 2 is 2.16 bits per heavy atom. The molecular formula is C13H17N3O3. The minimum Gasteiger partial charge on any atom is -0.493 e. The van der Waals surface area contributed by atoms with Gasteiger partial charge in [-0.05, 0) is 24.6 Å². The Bertz CT molecular complexity index is 552. The molecule has 0 amide bonds. The van der Waals surface area contributed by atoms with E-state index >= 15 is 0 Å². The number of aliphatic hydroxyl groups is 1. The fourth-order valence-electron chi connectivity index (χ4n) is 1.68. The van der Waals surface area contributed by atoms with Gasteiger partial charge in [0.25, 0.3) is 0 Å². The first-order chi connectivity index (χ1) is 9.10. The van der Waals surface area contributed by atoms with Crippen LogP contribution in [0.4, 0.5) is 0 Å². The van der Waals surface area contributed by atoms with Crippen LogP contribution in [-0.2, 0) is 13.7 Å². The molecule has 0 aliphatic rings. The van der Waals surface area contributed by atoms with E-state index < -0.39 is 6.10 Å². The highest BCUT2D eigenvalue weighted by Crippen LogP contribution is 2.30. The van der Waals surface area contributed by atoms with E-state index in [1.165, 1.54) is 0 Å². The third-order valence-electron chi connectivity index (χ3n) is 2.70. The van der Waals surface area contributed by atoms with Crippen molar-refractivity contribution in [2.75, 3.05) is 7.11 Å². The number of rotatable bonds is 5. The van der Waals surface area contributed by atoms with Crippen molar-refractivity contribution in [3.05, 3.63) is 35.7 Å². The zero-order chi connectivity index (χ0) is 13.8. The molecule has 0 saturated heterocycles. The summed E-state index contributed by atoms with van der Waals surface area (Å²) in [6.45, 7) is 2.02. The van der Waals surface area contributed by atoms with Gasteiger partial charge in [-0.25, -0.2) is 0 Å². The monoisotopic (exact) mass is 263 g/mol. The summed E-state index contributed by atoms with van der Waals surface area (Å²) in [5, 5.41) is 17.3. The number of ether oxygens (including phenoxy) is 2. The third-order valence-corrected chi connectivity index (χ3v) is 2.70. The van der Waals surface area contributed by atoms with E-state index in [0.717, 1.165) is 11.3 Å². The SMILES string of the molecule is COc1cc([C@@H](C)O)ccc1OCc1cn(C)nn1. The van der Waals surface area contributed by atoms with Gasteiger partial charge >= 0.3 is 0 Å². The molecule has 102 valence electrons. The molecule has 0 aliphatic carbocycles. The molecule has 0 aliphatic heterocycles. The normalized spacial score (nSPS) is 12.2. The Kier molecular flexibility index (Phi) is 4.01. The lowest BCUT2D eigenvalue weighted by Gasteiger charge is -2.12. The molecule has 0 bridgehead atoms. The summed E-state index contributed by atoms with van der Waals surface area (Å²) in [5.74, 6) is 1.19. The summed E-state index contributed by atoms with van der Waals surface area (Å²) in [5.41, 5.74) is 1.52. The molecule has 6 heteroatoms. The van der Waals surface area contributed by atoms with Crippen molar-refractivity contribution in [1.82, 2.24) is 15.0 Å². The van der Waals surface area contributed by atoms with Crippen LogP contribution in [0.3, 0.4) is 0 Å². The van der Waals surface area contributed by atoms with Gasteiger partial charge in [-0.2, -0.15) is 0 Å². The standard InChI is InChI=1S/C13H17N3O3/c1-9(17)10-4-5-12(13(6-10)18-3)19-8-11-7-16(2)15-14-11/h4-7,9,17H,8H2,1-3H3/t9-/m1/s1. The first-order valence-corrected chi connectivity index (χ1v) is 5.94. The summed E-state index contributed by atoms with van der Waals surface area (Å²) in [6, 6.07) is 5.34. The molecule has 0 spiro atoms. The summed E-state index contributed by atoms with van der Waals surface area (Å²) in [7, 11) is 3.37. The highest BCUT2D eigenvalue weighted by molar-refractivity contribution is 5.43. The van der Waals surface area contributed by atoms with E-state index in [-0.39, 0.29) is 0 Å². The van der Waals surface area contributed by atoms with E-state index in [2.05, 4.69) is 10.3 Å². The third kappa shape index (κ3) is 3.23. The van der Waals surface area contributed by atoms with Gasteiger partial charge in [0.2, 0.25) is 0 Å². The summed E-state index contributed by atoms with van der Waals surface area (Å²) >= 11 is 0. The molecule has 0 radical (unpaired) electrons. The van der Waals surface area contributed by atoms with E-state index in [1.54, 1.807) is 50.2 Å². The molecule has 2 rings (SSSR count). The number of methoxy groups -OCH3 is 1. The lowest BCUT2D eigenvalue weighted by atomic mass is 10.1. The first-order valence-electron chi connectivity index (χ1n) is 5.94. The van der Waals surface area contributed by atoms with Crippen molar-refractivity contribution >= 4 is 0 Å². The van der Waals surface area contributed by atoms with Gasteiger partial charge in [-0.1, -0.05) is 11.3 Å².